The third-order valence-electron chi connectivity index (χ3n) is 5.10. The molecular formula is C26H27N5O3. The number of hydrogen-bond donors (Lipinski definition) is 2. The molecule has 0 radical (unpaired) electrons. The van der Waals surface area contributed by atoms with Crippen LogP contribution >= 0.6 is 0 Å². The number of carbonyl (C=O) groups excluding carboxylic acids is 1. The fraction of sp³-hybridized carbons (Fsp3) is 0.231. The molecule has 2 aromatic carbocycles. The van der Waals surface area contributed by atoms with Crippen LogP contribution in [0.2, 0.25) is 0 Å². The molecule has 8 heteroatoms. The predicted octanol–water partition coefficient (Wildman–Crippen LogP) is 5.17. The molecule has 174 valence electrons. The van der Waals surface area contributed by atoms with Gasteiger partial charge in [-0.2, -0.15) is 0 Å². The number of ether oxygens (including phenoxy) is 2. The number of nitrogens with one attached hydrogen (secondary N) is 2. The third-order valence-corrected chi connectivity index (χ3v) is 5.10. The van der Waals surface area contributed by atoms with E-state index in [1.807, 2.05) is 30.3 Å². The highest BCUT2D eigenvalue weighted by atomic mass is 16.7. The Bertz CT molecular complexity index is 1220. The van der Waals surface area contributed by atoms with Gasteiger partial charge in [0.1, 0.15) is 17.1 Å². The molecule has 0 spiro atoms. The summed E-state index contributed by atoms with van der Waals surface area (Å²) >= 11 is 0. The molecule has 2 heterocycles. The van der Waals surface area contributed by atoms with Gasteiger partial charge in [-0.3, -0.25) is 4.98 Å². The van der Waals surface area contributed by atoms with Crippen LogP contribution in [0.15, 0.2) is 72.9 Å². The Morgan fingerprint density at radius 2 is 1.76 bits per heavy atom. The summed E-state index contributed by atoms with van der Waals surface area (Å²) in [5, 5.41) is 0. The second-order valence-electron chi connectivity index (χ2n) is 7.60. The first-order chi connectivity index (χ1) is 16.7. The van der Waals surface area contributed by atoms with E-state index < -0.39 is 6.16 Å². The third kappa shape index (κ3) is 6.49. The van der Waals surface area contributed by atoms with Crippen LogP contribution in [0.1, 0.15) is 25.3 Å². The van der Waals surface area contributed by atoms with E-state index in [1.165, 1.54) is 5.56 Å². The van der Waals surface area contributed by atoms with Gasteiger partial charge >= 0.3 is 6.16 Å². The summed E-state index contributed by atoms with van der Waals surface area (Å²) in [5.41, 5.74) is 10.5. The maximum atomic E-state index is 11.4. The van der Waals surface area contributed by atoms with Gasteiger partial charge in [-0.1, -0.05) is 30.3 Å². The monoisotopic (exact) mass is 457 g/mol. The van der Waals surface area contributed by atoms with Crippen LogP contribution in [0.3, 0.4) is 0 Å². The van der Waals surface area contributed by atoms with Crippen molar-refractivity contribution in [2.45, 2.75) is 26.2 Å². The quantitative estimate of drug-likeness (QED) is 0.146. The minimum Gasteiger partial charge on any atom is -0.434 e. The van der Waals surface area contributed by atoms with Gasteiger partial charge in [0.15, 0.2) is 5.65 Å². The smallest absolute Gasteiger partial charge is 0.434 e. The number of aromatic nitrogens is 3. The SMILES string of the molecule is CCOC(=O)Oc1ccc(-c2cnc3ccc(NNCCCCc4ccccc4)nc3n2)cc1. The predicted molar refractivity (Wildman–Crippen MR) is 131 cm³/mol. The first kappa shape index (κ1) is 23.1. The molecule has 34 heavy (non-hydrogen) atoms. The normalized spacial score (nSPS) is 10.7. The Hall–Kier alpha value is -4.04. The van der Waals surface area contributed by atoms with Crippen LogP contribution in [0.25, 0.3) is 22.4 Å². The highest BCUT2D eigenvalue weighted by molar-refractivity contribution is 5.75. The maximum Gasteiger partial charge on any atom is 0.513 e. The van der Waals surface area contributed by atoms with Gasteiger partial charge in [0.05, 0.1) is 18.5 Å². The molecule has 0 saturated carbocycles. The minimum absolute atomic E-state index is 0.261. The molecule has 0 bridgehead atoms. The van der Waals surface area contributed by atoms with Crippen molar-refractivity contribution < 1.29 is 14.3 Å². The number of aryl methyl sites for hydroxylation is 1. The Kier molecular flexibility index (Phi) is 7.97. The van der Waals surface area contributed by atoms with Crippen molar-refractivity contribution >= 4 is 23.1 Å². The molecule has 0 amide bonds. The average Bonchev–Trinajstić information content (AvgIpc) is 2.87. The summed E-state index contributed by atoms with van der Waals surface area (Å²) in [4.78, 5) is 25.1. The molecule has 0 aliphatic carbocycles. The van der Waals surface area contributed by atoms with Crippen molar-refractivity contribution in [3.63, 3.8) is 0 Å². The molecular weight excluding hydrogens is 430 g/mol. The largest absolute Gasteiger partial charge is 0.513 e. The van der Waals surface area contributed by atoms with Crippen molar-refractivity contribution in [1.82, 2.24) is 20.4 Å². The molecule has 0 saturated heterocycles. The van der Waals surface area contributed by atoms with Gasteiger partial charge in [-0.05, 0) is 68.1 Å². The Labute approximate surface area is 198 Å². The standard InChI is InChI=1S/C26H27N5O3/c1-2-33-26(32)34-21-13-11-20(12-14-21)23-18-27-22-15-16-24(30-25(22)29-23)31-28-17-7-6-10-19-8-4-3-5-9-19/h3-5,8-9,11-16,18,28H,2,6-7,10,17H2,1H3,(H,29,30,31). The van der Waals surface area contributed by atoms with Gasteiger partial charge in [0, 0.05) is 12.1 Å². The lowest BCUT2D eigenvalue weighted by molar-refractivity contribution is 0.104. The fourth-order valence-corrected chi connectivity index (χ4v) is 3.38. The van der Waals surface area contributed by atoms with Gasteiger partial charge < -0.3 is 14.9 Å². The average molecular weight is 458 g/mol. The lowest BCUT2D eigenvalue weighted by atomic mass is 10.1. The van der Waals surface area contributed by atoms with Crippen molar-refractivity contribution in [2.24, 2.45) is 0 Å². The molecule has 0 aliphatic rings. The van der Waals surface area contributed by atoms with E-state index >= 15 is 0 Å². The van der Waals surface area contributed by atoms with E-state index in [0.717, 1.165) is 31.4 Å². The van der Waals surface area contributed by atoms with E-state index in [0.29, 0.717) is 28.4 Å². The minimum atomic E-state index is -0.727. The number of hydrazine groups is 1. The number of carbonyl (C=O) groups is 1. The molecule has 0 fully saturated rings. The molecule has 2 N–H and O–H groups in total. The Balaban J connectivity index is 1.32. The van der Waals surface area contributed by atoms with Crippen LogP contribution in [-0.2, 0) is 11.2 Å². The molecule has 0 unspecified atom stereocenters. The van der Waals surface area contributed by atoms with Crippen molar-refractivity contribution in [3.05, 3.63) is 78.5 Å². The van der Waals surface area contributed by atoms with E-state index in [1.54, 1.807) is 25.3 Å². The first-order valence-corrected chi connectivity index (χ1v) is 11.3. The highest BCUT2D eigenvalue weighted by Gasteiger charge is 2.08. The van der Waals surface area contributed by atoms with Crippen molar-refractivity contribution in [3.8, 4) is 17.0 Å². The number of pyridine rings is 1. The first-order valence-electron chi connectivity index (χ1n) is 11.3. The van der Waals surface area contributed by atoms with Crippen molar-refractivity contribution in [1.29, 1.82) is 0 Å². The summed E-state index contributed by atoms with van der Waals surface area (Å²) in [5.74, 6) is 1.08. The van der Waals surface area contributed by atoms with E-state index in [2.05, 4.69) is 50.1 Å². The zero-order valence-electron chi connectivity index (χ0n) is 19.0. The highest BCUT2D eigenvalue weighted by Crippen LogP contribution is 2.22. The van der Waals surface area contributed by atoms with E-state index in [-0.39, 0.29) is 6.61 Å². The molecule has 4 aromatic rings. The van der Waals surface area contributed by atoms with Crippen LogP contribution in [0, 0.1) is 0 Å². The van der Waals surface area contributed by atoms with Crippen molar-refractivity contribution in [2.75, 3.05) is 18.6 Å². The maximum absolute atomic E-state index is 11.4. The zero-order valence-corrected chi connectivity index (χ0v) is 19.0. The van der Waals surface area contributed by atoms with Crippen LogP contribution in [0.4, 0.5) is 10.6 Å². The summed E-state index contributed by atoms with van der Waals surface area (Å²) in [6, 6.07) is 21.2. The Morgan fingerprint density at radius 3 is 2.56 bits per heavy atom. The van der Waals surface area contributed by atoms with E-state index in [4.69, 9.17) is 9.47 Å². The number of unbranched alkanes of at least 4 members (excludes halogenated alkanes) is 1. The number of rotatable bonds is 10. The van der Waals surface area contributed by atoms with E-state index in [9.17, 15) is 4.79 Å². The van der Waals surface area contributed by atoms with Gasteiger partial charge in [0.2, 0.25) is 0 Å². The number of benzene rings is 2. The van der Waals surface area contributed by atoms with Crippen LogP contribution < -0.4 is 15.6 Å². The lowest BCUT2D eigenvalue weighted by Crippen LogP contribution is -2.23. The molecule has 8 nitrogen and oxygen atoms in total. The Morgan fingerprint density at radius 1 is 0.941 bits per heavy atom. The van der Waals surface area contributed by atoms with Gasteiger partial charge in [-0.15, -0.1) is 0 Å². The number of fused-ring (bicyclic) bond motifs is 1. The fourth-order valence-electron chi connectivity index (χ4n) is 3.38. The van der Waals surface area contributed by atoms with Gasteiger partial charge in [0.25, 0.3) is 0 Å². The number of nitrogens with zero attached hydrogens (tertiary/aromatic N) is 3. The summed E-state index contributed by atoms with van der Waals surface area (Å²) in [6.45, 7) is 2.82. The van der Waals surface area contributed by atoms with Crippen LogP contribution in [-0.4, -0.2) is 34.3 Å². The summed E-state index contributed by atoms with van der Waals surface area (Å²) in [7, 11) is 0. The second kappa shape index (κ2) is 11.7. The molecule has 4 rings (SSSR count). The van der Waals surface area contributed by atoms with Gasteiger partial charge in [-0.25, -0.2) is 20.2 Å². The summed E-state index contributed by atoms with van der Waals surface area (Å²) < 4.78 is 9.87. The number of anilines is 1. The molecule has 0 atom stereocenters. The van der Waals surface area contributed by atoms with Crippen LogP contribution in [0.5, 0.6) is 5.75 Å². The summed E-state index contributed by atoms with van der Waals surface area (Å²) in [6.07, 6.45) is 4.21. The molecule has 2 aromatic heterocycles. The topological polar surface area (TPSA) is 98.3 Å². The molecule has 0 aliphatic heterocycles. The number of hydrogen-bond acceptors (Lipinski definition) is 8. The second-order valence-corrected chi connectivity index (χ2v) is 7.60. The lowest BCUT2D eigenvalue weighted by Gasteiger charge is -2.09. The zero-order chi connectivity index (χ0) is 23.6.